The molecular formula is C132H80N16O. The van der Waals surface area contributed by atoms with Crippen molar-refractivity contribution in [3.63, 3.8) is 0 Å². The van der Waals surface area contributed by atoms with Crippen molar-refractivity contribution in [1.82, 2.24) is 34.5 Å². The Hall–Kier alpha value is -21.6. The summed E-state index contributed by atoms with van der Waals surface area (Å²) in [6.45, 7) is 21.7. The smallest absolute Gasteiger partial charge is 0.307 e. The van der Waals surface area contributed by atoms with Gasteiger partial charge in [-0.05, 0) is 223 Å². The van der Waals surface area contributed by atoms with Crippen LogP contribution in [0.3, 0.4) is 0 Å². The van der Waals surface area contributed by atoms with Gasteiger partial charge in [0.2, 0.25) is 11.0 Å². The fourth-order valence-electron chi connectivity index (χ4n) is 19.4. The van der Waals surface area contributed by atoms with E-state index in [9.17, 15) is 15.8 Å². The highest BCUT2D eigenvalue weighted by Crippen LogP contribution is 2.46. The van der Waals surface area contributed by atoms with Gasteiger partial charge in [-0.25, -0.2) is 15.0 Å². The van der Waals surface area contributed by atoms with Gasteiger partial charge >= 0.3 is 5.82 Å². The number of hydrogen-bond donors (Lipinski definition) is 0. The van der Waals surface area contributed by atoms with Crippen molar-refractivity contribution < 1.29 is 4.42 Å². The molecule has 0 radical (unpaired) electrons. The van der Waals surface area contributed by atoms with Gasteiger partial charge in [-0.2, -0.15) is 15.8 Å². The molecule has 0 unspecified atom stereocenters. The van der Waals surface area contributed by atoms with Crippen molar-refractivity contribution in [3.05, 3.63) is 537 Å². The Bertz CT molecular complexity index is 9150. The molecule has 5 heterocycles. The monoisotopic (exact) mass is 1900 g/mol. The molecule has 25 aromatic rings. The fourth-order valence-corrected chi connectivity index (χ4v) is 19.4. The number of nitriles is 3. The van der Waals surface area contributed by atoms with Crippen molar-refractivity contribution in [1.29, 1.82) is 15.8 Å². The first-order chi connectivity index (χ1) is 73.6. The molecule has 149 heavy (non-hydrogen) atoms. The highest BCUT2D eigenvalue weighted by molar-refractivity contribution is 6.19. The summed E-state index contributed by atoms with van der Waals surface area (Å²) in [6.07, 6.45) is 0. The second-order valence-electron chi connectivity index (χ2n) is 35.4. The van der Waals surface area contributed by atoms with Gasteiger partial charge in [0, 0.05) is 84.0 Å². The van der Waals surface area contributed by atoms with Crippen LogP contribution in [0.5, 0.6) is 0 Å². The molecule has 0 atom stereocenters. The summed E-state index contributed by atoms with van der Waals surface area (Å²) in [5.41, 5.74) is 33.2. The zero-order valence-corrected chi connectivity index (χ0v) is 79.8. The highest BCUT2D eigenvalue weighted by Gasteiger charge is 2.30. The van der Waals surface area contributed by atoms with E-state index in [0.717, 1.165) is 107 Å². The molecule has 0 aliphatic heterocycles. The Kier molecular flexibility index (Phi) is 24.8. The van der Waals surface area contributed by atoms with E-state index in [-0.39, 0.29) is 67.6 Å². The lowest BCUT2D eigenvalue weighted by molar-refractivity contribution is 0.670. The Morgan fingerprint density at radius 2 is 0.463 bits per heavy atom. The minimum atomic E-state index is -0.298. The third kappa shape index (κ3) is 18.0. The van der Waals surface area contributed by atoms with Crippen LogP contribution in [0, 0.1) is 53.7 Å². The maximum Gasteiger partial charge on any atom is 0.307 e. The van der Waals surface area contributed by atoms with Crippen molar-refractivity contribution in [3.8, 4) is 113 Å². The van der Waals surface area contributed by atoms with Gasteiger partial charge in [-0.1, -0.05) is 365 Å². The number of hydrogen-bond acceptors (Lipinski definition) is 13. The van der Waals surface area contributed by atoms with Crippen LogP contribution in [0.4, 0.5) is 68.6 Å². The van der Waals surface area contributed by atoms with E-state index in [1.165, 1.54) is 83.0 Å². The van der Waals surface area contributed by atoms with E-state index < -0.39 is 0 Å². The van der Waals surface area contributed by atoms with Crippen LogP contribution in [0.2, 0.25) is 0 Å². The Morgan fingerprint density at radius 3 is 0.805 bits per heavy atom. The maximum absolute atomic E-state index is 9.30. The number of nitrogens with zero attached hydrogens (tertiary/aromatic N) is 16. The molecule has 0 saturated carbocycles. The van der Waals surface area contributed by atoms with E-state index >= 15 is 0 Å². The third-order valence-electron chi connectivity index (χ3n) is 26.7. The Balaban J connectivity index is 0.000000130. The molecule has 5 aromatic heterocycles. The number of benzene rings is 20. The topological polar surface area (TPSA) is 190 Å². The summed E-state index contributed by atoms with van der Waals surface area (Å²) in [5.74, 6) is -0.890. The largest absolute Gasteiger partial charge is 0.455 e. The number of aromatic nitrogens is 7. The summed E-state index contributed by atoms with van der Waals surface area (Å²) < 4.78 is 8.78. The van der Waals surface area contributed by atoms with Gasteiger partial charge in [0.05, 0.1) is 11.0 Å². The lowest BCUT2D eigenvalue weighted by atomic mass is 10.00. The van der Waals surface area contributed by atoms with Crippen LogP contribution in [0.15, 0.2) is 490 Å². The van der Waals surface area contributed by atoms with Gasteiger partial charge in [-0.15, -0.1) is 15.0 Å². The summed E-state index contributed by atoms with van der Waals surface area (Å²) in [4.78, 5) is 41.3. The highest BCUT2D eigenvalue weighted by atomic mass is 16.3. The van der Waals surface area contributed by atoms with Gasteiger partial charge < -0.3 is 38.2 Å². The van der Waals surface area contributed by atoms with Crippen LogP contribution >= 0.6 is 0 Å². The summed E-state index contributed by atoms with van der Waals surface area (Å²) in [6, 6.07) is 179. The maximum atomic E-state index is 9.30. The van der Waals surface area contributed by atoms with E-state index in [2.05, 4.69) is 537 Å². The lowest BCUT2D eigenvalue weighted by Gasteiger charge is -2.26. The quantitative estimate of drug-likeness (QED) is 0.0583. The van der Waals surface area contributed by atoms with Crippen molar-refractivity contribution in [2.45, 2.75) is 0 Å². The molecule has 17 heteroatoms. The number of furan rings is 1. The third-order valence-corrected chi connectivity index (χ3v) is 26.7. The molecule has 20 aromatic carbocycles. The van der Waals surface area contributed by atoms with Crippen molar-refractivity contribution in [2.75, 3.05) is 14.7 Å². The van der Waals surface area contributed by atoms with E-state index in [1.54, 1.807) is 18.2 Å². The van der Waals surface area contributed by atoms with Gasteiger partial charge in [-0.3, -0.25) is 0 Å². The van der Waals surface area contributed by atoms with Crippen LogP contribution in [0.1, 0.15) is 17.1 Å². The molecule has 25 rings (SSSR count). The van der Waals surface area contributed by atoms with Gasteiger partial charge in [0.15, 0.2) is 17.1 Å². The average molecular weight is 1910 g/mol. The Labute approximate surface area is 858 Å². The number of rotatable bonds is 18. The van der Waals surface area contributed by atoms with Crippen molar-refractivity contribution >= 4 is 145 Å². The van der Waals surface area contributed by atoms with Gasteiger partial charge in [0.25, 0.3) is 17.2 Å². The minimum Gasteiger partial charge on any atom is -0.455 e. The first kappa shape index (κ1) is 91.2. The lowest BCUT2D eigenvalue weighted by Crippen LogP contribution is -2.10. The molecule has 0 amide bonds. The standard InChI is InChI=1S/C60H44N2.C54H36N2O.C18N12/c1-5-13-45(14-6-1)48-21-23-49(24-22-48)52-29-39-56(40-30-52)61(55-19-11-4-12-20-55)57-41-31-53(32-42-57)54-33-43-60(44-34-54)62(58-35-25-50(26-36-58)46-15-7-2-8-16-46)59-37-27-51(28-38-59)47-17-9-3-10-18-47;1-2-12-37(13-3-1)38-24-30-42(31-25-38)55(44-34-28-40(29-35-44)46-19-11-20-50-49-18-6-9-23-53(49)57-54(46)50)43-32-26-39(27-33-43)41-14-10-15-45(36-41)56-51-21-7-4-16-47(51)48-17-5-8-22-52(48)56;1-22-16-9(6-21)27-12-10-11(26-8(5-20)7(4-19)25-10)14-15(13(12)28-16)30-18(24-3)17(23-2)29-14/h1-44H;1-36H;. The number of para-hydroxylation sites is 5. The molecule has 0 spiro atoms. The molecule has 0 aliphatic rings. The fraction of sp³-hybridized carbons (Fsp3) is 0. The number of anilines is 9. The van der Waals surface area contributed by atoms with Crippen LogP contribution in [-0.2, 0) is 0 Å². The molecular weight excluding hydrogens is 1830 g/mol. The van der Waals surface area contributed by atoms with E-state index in [0.29, 0.717) is 0 Å². The zero-order chi connectivity index (χ0) is 101. The second kappa shape index (κ2) is 40.5. The first-order valence-electron chi connectivity index (χ1n) is 48.3. The molecule has 0 bridgehead atoms. The molecule has 17 nitrogen and oxygen atoms in total. The normalized spacial score (nSPS) is 10.9. The van der Waals surface area contributed by atoms with E-state index in [4.69, 9.17) is 24.1 Å². The summed E-state index contributed by atoms with van der Waals surface area (Å²) in [5, 5.41) is 32.7. The SMILES string of the molecule is [C-]#[N+]c1nc2c(nc1C#N)c1nc(C#N)c(C#N)nc1c1nc([N+]#[C-])c([N+]#[C-])nc21.c1ccc(-c2ccc(-c3ccc(N(c4ccccc4)c4ccc(-c5ccc(N(c6ccc(-c7ccccc7)cc6)c6ccc(-c7ccccc7)cc6)cc5)cc4)cc3)cc2)cc1.c1ccc(-c2ccc(N(c3ccc(-c4cccc(-n5c6ccccc6c6ccccc65)c4)cc3)c3ccc(-c4cccc5c4oc4ccccc45)cc3)cc2)cc1. The van der Waals surface area contributed by atoms with Crippen LogP contribution < -0.4 is 14.7 Å². The van der Waals surface area contributed by atoms with Crippen LogP contribution in [-0.4, -0.2) is 34.5 Å². The Morgan fingerprint density at radius 1 is 0.215 bits per heavy atom. The zero-order valence-electron chi connectivity index (χ0n) is 79.8. The van der Waals surface area contributed by atoms with Crippen molar-refractivity contribution in [2.24, 2.45) is 0 Å². The van der Waals surface area contributed by atoms with Crippen LogP contribution in [0.25, 0.3) is 186 Å². The second-order valence-corrected chi connectivity index (χ2v) is 35.4. The molecule has 0 N–H and O–H groups in total. The van der Waals surface area contributed by atoms with E-state index in [1.807, 2.05) is 12.1 Å². The molecule has 0 fully saturated rings. The molecule has 694 valence electrons. The number of fused-ring (bicyclic) bond motifs is 12. The minimum absolute atomic E-state index is 0.000622. The predicted octanol–water partition coefficient (Wildman–Crippen LogP) is 34.9. The summed E-state index contributed by atoms with van der Waals surface area (Å²) in [7, 11) is 0. The molecule has 0 saturated heterocycles. The summed E-state index contributed by atoms with van der Waals surface area (Å²) >= 11 is 0. The van der Waals surface area contributed by atoms with Gasteiger partial charge in [0.1, 0.15) is 45.9 Å². The molecule has 0 aliphatic carbocycles. The average Bonchev–Trinajstić information content (AvgIpc) is 1.49. The first-order valence-corrected chi connectivity index (χ1v) is 48.3. The predicted molar refractivity (Wildman–Crippen MR) is 601 cm³/mol.